The zero-order chi connectivity index (χ0) is 19.9. The van der Waals surface area contributed by atoms with Gasteiger partial charge in [-0.2, -0.15) is 0 Å². The Morgan fingerprint density at radius 1 is 0.923 bits per heavy atom. The number of ether oxygens (including phenoxy) is 2. The minimum atomic E-state index is -0.656. The van der Waals surface area contributed by atoms with Gasteiger partial charge in [0.1, 0.15) is 10.0 Å². The molecule has 0 fully saturated rings. The van der Waals surface area contributed by atoms with Crippen LogP contribution in [0.1, 0.15) is 39.5 Å². The minimum absolute atomic E-state index is 0.0356. The van der Waals surface area contributed by atoms with Crippen molar-refractivity contribution in [1.29, 1.82) is 0 Å². The van der Waals surface area contributed by atoms with Gasteiger partial charge in [-0.25, -0.2) is 0 Å². The van der Waals surface area contributed by atoms with Crippen LogP contribution in [0.25, 0.3) is 0 Å². The Bertz CT molecular complexity index is 723. The summed E-state index contributed by atoms with van der Waals surface area (Å²) in [7, 11) is 0. The second-order valence-corrected chi connectivity index (χ2v) is 6.90. The van der Waals surface area contributed by atoms with Gasteiger partial charge in [0.05, 0.1) is 15.1 Å². The Morgan fingerprint density at radius 2 is 1.42 bits per heavy atom. The molecule has 0 amide bonds. The quantitative estimate of drug-likeness (QED) is 0.156. The smallest absolute Gasteiger partial charge is 0.311 e. The highest BCUT2D eigenvalue weighted by Crippen LogP contribution is 2.48. The van der Waals surface area contributed by atoms with E-state index in [1.807, 2.05) is 6.92 Å². The molecule has 0 saturated carbocycles. The van der Waals surface area contributed by atoms with Gasteiger partial charge in [0.2, 0.25) is 0 Å². The summed E-state index contributed by atoms with van der Waals surface area (Å²) in [6, 6.07) is 0. The SMILES string of the molecule is CC#CC(CC)OC(=O)CCCC(=O)Oc1c(Cl)c(Cl)c(Cl)c(Cl)c1Cl. The monoisotopic (exact) mass is 458 g/mol. The van der Waals surface area contributed by atoms with Gasteiger partial charge in [0, 0.05) is 12.8 Å². The highest BCUT2D eigenvalue weighted by atomic mass is 35.5. The Balaban J connectivity index is 2.61. The average Bonchev–Trinajstić information content (AvgIpc) is 2.61. The van der Waals surface area contributed by atoms with E-state index in [1.165, 1.54) is 0 Å². The van der Waals surface area contributed by atoms with Gasteiger partial charge < -0.3 is 9.47 Å². The van der Waals surface area contributed by atoms with Crippen molar-refractivity contribution in [3.8, 4) is 17.6 Å². The van der Waals surface area contributed by atoms with Crippen molar-refractivity contribution >= 4 is 69.9 Å². The fourth-order valence-corrected chi connectivity index (χ4v) is 3.01. The number of halogens is 5. The maximum Gasteiger partial charge on any atom is 0.311 e. The van der Waals surface area contributed by atoms with E-state index < -0.39 is 18.0 Å². The molecule has 1 rings (SSSR count). The number of carbonyl (C=O) groups excluding carboxylic acids is 2. The molecule has 26 heavy (non-hydrogen) atoms. The van der Waals surface area contributed by atoms with Gasteiger partial charge in [0.15, 0.2) is 11.9 Å². The van der Waals surface area contributed by atoms with Crippen LogP contribution in [0.15, 0.2) is 0 Å². The Labute approximate surface area is 177 Å². The van der Waals surface area contributed by atoms with E-state index in [-0.39, 0.29) is 50.1 Å². The molecule has 0 heterocycles. The summed E-state index contributed by atoms with van der Waals surface area (Å²) in [5, 5.41) is -0.425. The molecule has 0 N–H and O–H groups in total. The normalized spacial score (nSPS) is 11.3. The first-order chi connectivity index (χ1) is 12.2. The molecule has 0 spiro atoms. The van der Waals surface area contributed by atoms with Crippen molar-refractivity contribution in [3.63, 3.8) is 0 Å². The molecule has 0 radical (unpaired) electrons. The van der Waals surface area contributed by atoms with Crippen LogP contribution in [0.2, 0.25) is 25.1 Å². The molecular formula is C17H15Cl5O4. The lowest BCUT2D eigenvalue weighted by atomic mass is 10.2. The molecule has 0 aliphatic heterocycles. The number of esters is 2. The molecule has 1 unspecified atom stereocenters. The fourth-order valence-electron chi connectivity index (χ4n) is 1.81. The third-order valence-electron chi connectivity index (χ3n) is 3.10. The molecule has 4 nitrogen and oxygen atoms in total. The summed E-state index contributed by atoms with van der Waals surface area (Å²) in [5.41, 5.74) is 0. The van der Waals surface area contributed by atoms with Crippen LogP contribution in [-0.2, 0) is 14.3 Å². The predicted octanol–water partition coefficient (Wildman–Crippen LogP) is 6.37. The van der Waals surface area contributed by atoms with Gasteiger partial charge in [-0.1, -0.05) is 70.8 Å². The van der Waals surface area contributed by atoms with E-state index in [2.05, 4.69) is 11.8 Å². The second-order valence-electron chi connectivity index (χ2n) is 5.01. The highest BCUT2D eigenvalue weighted by Gasteiger charge is 2.22. The molecule has 0 bridgehead atoms. The van der Waals surface area contributed by atoms with Gasteiger partial charge in [-0.15, -0.1) is 5.92 Å². The van der Waals surface area contributed by atoms with Crippen molar-refractivity contribution < 1.29 is 19.1 Å². The fraction of sp³-hybridized carbons (Fsp3) is 0.412. The third-order valence-corrected chi connectivity index (χ3v) is 5.34. The molecule has 1 aromatic rings. The first kappa shape index (κ1) is 23.2. The molecule has 1 aromatic carbocycles. The van der Waals surface area contributed by atoms with Gasteiger partial charge in [-0.05, 0) is 19.8 Å². The topological polar surface area (TPSA) is 52.6 Å². The van der Waals surface area contributed by atoms with Crippen LogP contribution in [0.5, 0.6) is 5.75 Å². The molecule has 0 aliphatic rings. The van der Waals surface area contributed by atoms with Crippen molar-refractivity contribution in [2.24, 2.45) is 0 Å². The lowest BCUT2D eigenvalue weighted by Gasteiger charge is -2.12. The van der Waals surface area contributed by atoms with Crippen LogP contribution in [0.3, 0.4) is 0 Å². The predicted molar refractivity (Wildman–Crippen MR) is 105 cm³/mol. The van der Waals surface area contributed by atoms with Gasteiger partial charge >= 0.3 is 11.9 Å². The summed E-state index contributed by atoms with van der Waals surface area (Å²) in [4.78, 5) is 23.7. The summed E-state index contributed by atoms with van der Waals surface area (Å²) in [5.74, 6) is 4.19. The first-order valence-electron chi connectivity index (χ1n) is 7.56. The molecule has 0 saturated heterocycles. The third kappa shape index (κ3) is 6.40. The Kier molecular flexibility index (Phi) is 9.92. The van der Waals surface area contributed by atoms with E-state index in [4.69, 9.17) is 67.5 Å². The zero-order valence-electron chi connectivity index (χ0n) is 13.9. The maximum absolute atomic E-state index is 12.0. The van der Waals surface area contributed by atoms with Crippen LogP contribution in [-0.4, -0.2) is 18.0 Å². The van der Waals surface area contributed by atoms with E-state index in [1.54, 1.807) is 6.92 Å². The summed E-state index contributed by atoms with van der Waals surface area (Å²) < 4.78 is 10.3. The van der Waals surface area contributed by atoms with Gasteiger partial charge in [-0.3, -0.25) is 9.59 Å². The van der Waals surface area contributed by atoms with Crippen LogP contribution in [0.4, 0.5) is 0 Å². The molecule has 1 atom stereocenters. The summed E-state index contributed by atoms with van der Waals surface area (Å²) in [6.45, 7) is 3.52. The van der Waals surface area contributed by atoms with Crippen LogP contribution >= 0.6 is 58.0 Å². The van der Waals surface area contributed by atoms with E-state index in [0.717, 1.165) is 0 Å². The number of carbonyl (C=O) groups is 2. The van der Waals surface area contributed by atoms with Crippen LogP contribution in [0, 0.1) is 11.8 Å². The minimum Gasteiger partial charge on any atom is -0.449 e. The van der Waals surface area contributed by atoms with Crippen molar-refractivity contribution in [2.45, 2.75) is 45.6 Å². The second kappa shape index (κ2) is 11.1. The van der Waals surface area contributed by atoms with E-state index in [9.17, 15) is 9.59 Å². The number of benzene rings is 1. The van der Waals surface area contributed by atoms with Gasteiger partial charge in [0.25, 0.3) is 0 Å². The number of hydrogen-bond donors (Lipinski definition) is 0. The Morgan fingerprint density at radius 3 is 1.92 bits per heavy atom. The van der Waals surface area contributed by atoms with E-state index >= 15 is 0 Å². The lowest BCUT2D eigenvalue weighted by Crippen LogP contribution is -2.16. The molecule has 0 aliphatic carbocycles. The van der Waals surface area contributed by atoms with Crippen molar-refractivity contribution in [1.82, 2.24) is 0 Å². The zero-order valence-corrected chi connectivity index (χ0v) is 17.7. The molecule has 0 aromatic heterocycles. The average molecular weight is 461 g/mol. The van der Waals surface area contributed by atoms with Crippen LogP contribution < -0.4 is 4.74 Å². The largest absolute Gasteiger partial charge is 0.449 e. The standard InChI is InChI=1S/C17H15Cl5O4/c1-3-6-9(4-2)25-10(23)7-5-8-11(24)26-17-15(21)13(19)12(18)14(20)16(17)22/h9H,4-5,7-8H2,1-2H3. The maximum atomic E-state index is 12.0. The summed E-state index contributed by atoms with van der Waals surface area (Å²) >= 11 is 29.6. The lowest BCUT2D eigenvalue weighted by molar-refractivity contribution is -0.146. The molecule has 9 heteroatoms. The first-order valence-corrected chi connectivity index (χ1v) is 9.45. The van der Waals surface area contributed by atoms with Crippen molar-refractivity contribution in [2.75, 3.05) is 0 Å². The molecular weight excluding hydrogens is 445 g/mol. The number of rotatable bonds is 7. The summed E-state index contributed by atoms with van der Waals surface area (Å²) in [6.07, 6.45) is 0.341. The highest BCUT2D eigenvalue weighted by molar-refractivity contribution is 6.55. The number of hydrogen-bond acceptors (Lipinski definition) is 4. The molecule has 142 valence electrons. The van der Waals surface area contributed by atoms with E-state index in [0.29, 0.717) is 6.42 Å². The van der Waals surface area contributed by atoms with Crippen molar-refractivity contribution in [3.05, 3.63) is 25.1 Å². The Hall–Kier alpha value is -0.830.